The molecule has 4 amide bonds. The molecular weight excluding hydrogens is 1850 g/mol. The van der Waals surface area contributed by atoms with Crippen molar-refractivity contribution in [3.8, 4) is 0 Å². The molecule has 0 spiro atoms. The van der Waals surface area contributed by atoms with Crippen LogP contribution in [0.2, 0.25) is 0 Å². The fourth-order valence-electron chi connectivity index (χ4n) is 11.5. The Labute approximate surface area is 730 Å². The summed E-state index contributed by atoms with van der Waals surface area (Å²) in [5, 5.41) is 26.6. The minimum absolute atomic E-state index is 0.0365. The molecule has 4 aromatic rings. The highest BCUT2D eigenvalue weighted by molar-refractivity contribution is 8.77. The molecule has 6 aliphatic rings. The molecular formula is C76H96F21N5O21S4. The summed E-state index contributed by atoms with van der Waals surface area (Å²) in [4.78, 5) is 49.2. The number of aliphatic hydroxyl groups is 2. The van der Waals surface area contributed by atoms with Crippen molar-refractivity contribution in [2.75, 3.05) is 97.3 Å². The van der Waals surface area contributed by atoms with Crippen molar-refractivity contribution in [3.05, 3.63) is 124 Å². The van der Waals surface area contributed by atoms with Crippen LogP contribution in [0.5, 0.6) is 0 Å². The number of ether oxygens (including phenoxy) is 15. The average molecular weight is 1940 g/mol. The zero-order chi connectivity index (χ0) is 94.2. The summed E-state index contributed by atoms with van der Waals surface area (Å²) in [7, 11) is 9.26. The average Bonchev–Trinajstić information content (AvgIpc) is 1.75. The van der Waals surface area contributed by atoms with Crippen LogP contribution in [0, 0.1) is 58.2 Å². The third kappa shape index (κ3) is 38.3. The molecule has 7 heterocycles. The highest BCUT2D eigenvalue weighted by Gasteiger charge is 2.61. The number of aliphatic hydroxyl groups excluding tert-OH is 2. The van der Waals surface area contributed by atoms with Crippen LogP contribution in [-0.2, 0) is 110 Å². The molecule has 0 aliphatic carbocycles. The SMILES string of the molecule is CC(C)OC1OCC(CSSCC2COC(CO)O2)O1.CC1OCC(Cn2cccc2)O1.COC1OC(CNC(=O)CCC(F)(F)CC(C)(F)F)C(CNC(=O)CCC(F)(F)CC(F)(F)C(F)(F)F)O1.COC1OC(CNC(=O)CCc2c(F)c(F)c(F)c(F)c2F)C(CNC(=O)CCc2c(F)c(F)c(F)c(F)c2F)O1.OCC1OCC(CSSc2ccccc2)O1. The number of alkyl halides is 11. The summed E-state index contributed by atoms with van der Waals surface area (Å²) >= 11 is 0. The van der Waals surface area contributed by atoms with Gasteiger partial charge in [-0.2, -0.15) is 22.0 Å². The first-order valence-electron chi connectivity index (χ1n) is 38.7. The number of hydrogen-bond donors (Lipinski definition) is 6. The fraction of sp³-hybridized carbons (Fsp3) is 0.658. The second-order valence-electron chi connectivity index (χ2n) is 28.7. The van der Waals surface area contributed by atoms with Gasteiger partial charge in [-0.15, -0.1) is 0 Å². The molecule has 13 atom stereocenters. The Kier molecular flexibility index (Phi) is 45.9. The van der Waals surface area contributed by atoms with E-state index in [2.05, 4.69) is 38.0 Å². The van der Waals surface area contributed by atoms with Crippen LogP contribution in [0.25, 0.3) is 0 Å². The molecule has 0 bridgehead atoms. The first-order valence-corrected chi connectivity index (χ1v) is 43.5. The number of nitrogens with one attached hydrogen (secondary N) is 4. The topological polar surface area (TPSA) is 300 Å². The van der Waals surface area contributed by atoms with Gasteiger partial charge >= 0.3 is 12.1 Å². The maximum atomic E-state index is 13.8. The van der Waals surface area contributed by atoms with Crippen LogP contribution in [0.3, 0.4) is 0 Å². The number of aromatic nitrogens is 1. The van der Waals surface area contributed by atoms with Crippen molar-refractivity contribution in [1.82, 2.24) is 25.8 Å². The molecule has 6 fully saturated rings. The maximum absolute atomic E-state index is 13.8. The third-order valence-electron chi connectivity index (χ3n) is 17.8. The number of amides is 4. The molecule has 10 rings (SSSR count). The van der Waals surface area contributed by atoms with Crippen molar-refractivity contribution in [2.45, 2.75) is 226 Å². The first kappa shape index (κ1) is 110. The van der Waals surface area contributed by atoms with Crippen LogP contribution < -0.4 is 21.3 Å². The number of carbonyl (C=O) groups is 4. The Hall–Kier alpha value is -5.93. The summed E-state index contributed by atoms with van der Waals surface area (Å²) < 4.78 is 358. The van der Waals surface area contributed by atoms with Crippen molar-refractivity contribution in [3.63, 3.8) is 0 Å². The number of rotatable bonds is 41. The van der Waals surface area contributed by atoms with Gasteiger partial charge in [0.2, 0.25) is 35.3 Å². The van der Waals surface area contributed by atoms with Crippen LogP contribution in [0.15, 0.2) is 59.8 Å². The minimum Gasteiger partial charge on any atom is -0.391 e. The van der Waals surface area contributed by atoms with Gasteiger partial charge in [0.25, 0.3) is 37.2 Å². The molecule has 0 saturated carbocycles. The Morgan fingerprint density at radius 3 is 1.20 bits per heavy atom. The minimum atomic E-state index is -6.19. The first-order chi connectivity index (χ1) is 59.7. The smallest absolute Gasteiger partial charge is 0.391 e. The van der Waals surface area contributed by atoms with E-state index in [4.69, 9.17) is 81.3 Å². The zero-order valence-corrected chi connectivity index (χ0v) is 71.8. The normalized spacial score (nSPS) is 23.7. The highest BCUT2D eigenvalue weighted by atomic mass is 33.1. The number of benzene rings is 3. The Balaban J connectivity index is 0.000000262. The van der Waals surface area contributed by atoms with Gasteiger partial charge < -0.3 is 107 Å². The second-order valence-corrected chi connectivity index (χ2v) is 33.6. The van der Waals surface area contributed by atoms with Gasteiger partial charge in [0.15, 0.2) is 65.4 Å². The van der Waals surface area contributed by atoms with E-state index in [9.17, 15) is 111 Å². The largest absolute Gasteiger partial charge is 0.453 e. The van der Waals surface area contributed by atoms with E-state index in [-0.39, 0.29) is 69.7 Å². The molecule has 51 heteroatoms. The number of carbonyl (C=O) groups excluding carboxylic acids is 4. The quantitative estimate of drug-likeness (QED) is 0.00791. The van der Waals surface area contributed by atoms with E-state index in [1.54, 1.807) is 43.2 Å². The molecule has 6 aliphatic heterocycles. The molecule has 722 valence electrons. The van der Waals surface area contributed by atoms with E-state index in [0.717, 1.165) is 30.9 Å². The number of hydrogen-bond acceptors (Lipinski definition) is 25. The van der Waals surface area contributed by atoms with E-state index < -0.39 is 250 Å². The van der Waals surface area contributed by atoms with Crippen LogP contribution in [0.4, 0.5) is 92.2 Å². The maximum Gasteiger partial charge on any atom is 0.453 e. The predicted molar refractivity (Wildman–Crippen MR) is 410 cm³/mol. The van der Waals surface area contributed by atoms with E-state index >= 15 is 0 Å². The fourth-order valence-corrected chi connectivity index (χ4v) is 16.0. The van der Waals surface area contributed by atoms with E-state index in [1.807, 2.05) is 63.5 Å². The van der Waals surface area contributed by atoms with Gasteiger partial charge in [0.1, 0.15) is 30.5 Å². The molecule has 0 radical (unpaired) electrons. The monoisotopic (exact) mass is 1940 g/mol. The Bertz CT molecular complexity index is 3860. The lowest BCUT2D eigenvalue weighted by Gasteiger charge is -2.24. The lowest BCUT2D eigenvalue weighted by atomic mass is 10.0. The summed E-state index contributed by atoms with van der Waals surface area (Å²) in [6, 6.07) is 14.3. The molecule has 127 heavy (non-hydrogen) atoms. The van der Waals surface area contributed by atoms with Crippen molar-refractivity contribution < 1.29 is 193 Å². The summed E-state index contributed by atoms with van der Waals surface area (Å²) in [5.41, 5.74) is -2.36. The molecule has 1 aromatic heterocycles. The second kappa shape index (κ2) is 53.1. The van der Waals surface area contributed by atoms with Crippen molar-refractivity contribution in [1.29, 1.82) is 0 Å². The lowest BCUT2D eigenvalue weighted by molar-refractivity contribution is -0.300. The molecule has 3 aromatic carbocycles. The summed E-state index contributed by atoms with van der Waals surface area (Å²) in [5.74, 6) is -40.5. The highest BCUT2D eigenvalue weighted by Crippen LogP contribution is 2.44. The van der Waals surface area contributed by atoms with Gasteiger partial charge in [-0.3, -0.25) is 19.2 Å². The Morgan fingerprint density at radius 1 is 0.465 bits per heavy atom. The summed E-state index contributed by atoms with van der Waals surface area (Å²) in [6.45, 7) is 4.66. The Morgan fingerprint density at radius 2 is 0.835 bits per heavy atom. The van der Waals surface area contributed by atoms with Crippen molar-refractivity contribution >= 4 is 66.8 Å². The number of halogens is 21. The van der Waals surface area contributed by atoms with Gasteiger partial charge in [0, 0.05) is 125 Å². The van der Waals surface area contributed by atoms with E-state index in [0.29, 0.717) is 33.4 Å². The van der Waals surface area contributed by atoms with Gasteiger partial charge in [-0.1, -0.05) is 61.4 Å². The van der Waals surface area contributed by atoms with Crippen LogP contribution in [0.1, 0.15) is 90.2 Å². The third-order valence-corrected chi connectivity index (χ3v) is 22.7. The number of methoxy groups -OCH3 is 2. The predicted octanol–water partition coefficient (Wildman–Crippen LogP) is 12.6. The lowest BCUT2D eigenvalue weighted by Crippen LogP contribution is -2.44. The van der Waals surface area contributed by atoms with Gasteiger partial charge in [0.05, 0.1) is 83.4 Å². The molecule has 13 unspecified atom stereocenters. The van der Waals surface area contributed by atoms with Gasteiger partial charge in [-0.05, 0) is 64.8 Å². The van der Waals surface area contributed by atoms with Crippen LogP contribution >= 0.6 is 43.2 Å². The van der Waals surface area contributed by atoms with E-state index in [1.165, 1.54) is 12.0 Å². The van der Waals surface area contributed by atoms with Crippen LogP contribution in [-0.4, -0.2) is 259 Å². The molecule has 26 nitrogen and oxygen atoms in total. The molecule has 6 saturated heterocycles. The number of nitrogens with zero attached hydrogens (tertiary/aromatic N) is 1. The summed E-state index contributed by atoms with van der Waals surface area (Å²) in [6.07, 6.45) is -19.0. The standard InChI is InChI=1S/C24H20F10N2O5.C20H27F11N2O5.C12H22O6S2.C11H14O3S2.C9H13NO2/c1-39-24-40-10(6-35-12(37)4-2-8-14(25)18(29)22(33)19(30)15(8)26)11(41-24)7-36-13(38)5-3-9-16(27)20(31)23(34)21(32)17(9)28;1-16(21,22)9-17(23,24)5-3-13(34)32-7-11-12(38-15(36-2)37-11)8-33-14(35)4-6-18(25,26)10-19(27,28)20(29,30)31;1-8(2)16-12-15-5-10(18-12)7-20-19-6-9-4-14-11(3-13)17-9;12-6-11-13-7-9(14-11)8-15-16-10-4-2-1-3-5-10;1-8-11-7-9(12-8)6-10-4-2-3-5-10/h10-11,24H,2-7H2,1H3,(H,35,37)(H,36,38);11-12,15H,3-10H2,1-2H3,(H,32,34)(H,33,35);8-13H,3-7H2,1-2H3;1-5,9,11-12H,6-8H2;2-5,8-9H,6-7H2,1H3. The van der Waals surface area contributed by atoms with Crippen molar-refractivity contribution in [2.24, 2.45) is 0 Å². The zero-order valence-electron chi connectivity index (χ0n) is 68.5. The van der Waals surface area contributed by atoms with Gasteiger partial charge in [-0.25, -0.2) is 70.2 Å². The molecule has 6 N–H and O–H groups in total.